The number of rotatable bonds is 3. The van der Waals surface area contributed by atoms with Gasteiger partial charge in [0.1, 0.15) is 5.82 Å². The van der Waals surface area contributed by atoms with Crippen LogP contribution in [0.2, 0.25) is 0 Å². The van der Waals surface area contributed by atoms with Crippen molar-refractivity contribution in [3.05, 3.63) is 11.3 Å². The molecule has 0 aliphatic carbocycles. The average Bonchev–Trinajstić information content (AvgIpc) is 2.61. The molecule has 0 amide bonds. The van der Waals surface area contributed by atoms with Gasteiger partial charge in [0.15, 0.2) is 0 Å². The van der Waals surface area contributed by atoms with Crippen molar-refractivity contribution in [1.82, 2.24) is 15.1 Å². The van der Waals surface area contributed by atoms with Crippen molar-refractivity contribution in [2.75, 3.05) is 18.0 Å². The quantitative estimate of drug-likeness (QED) is 0.895. The Kier molecular flexibility index (Phi) is 4.36. The molecule has 0 saturated carbocycles. The van der Waals surface area contributed by atoms with Crippen LogP contribution in [0.25, 0.3) is 0 Å². The summed E-state index contributed by atoms with van der Waals surface area (Å²) in [6.45, 7) is 13.1. The minimum absolute atomic E-state index is 0.0884. The smallest absolute Gasteiger partial charge is 0.131 e. The number of nitrogens with one attached hydrogen (secondary N) is 1. The first kappa shape index (κ1) is 16.3. The summed E-state index contributed by atoms with van der Waals surface area (Å²) in [7, 11) is 2.01. The summed E-state index contributed by atoms with van der Waals surface area (Å²) in [6, 6.07) is 0. The molecule has 2 rings (SSSR count). The lowest BCUT2D eigenvalue weighted by Gasteiger charge is -2.37. The number of aromatic nitrogens is 2. The third-order valence-electron chi connectivity index (χ3n) is 4.25. The molecule has 1 aromatic heterocycles. The van der Waals surface area contributed by atoms with Gasteiger partial charge in [0.25, 0.3) is 0 Å². The lowest BCUT2D eigenvalue weighted by atomic mass is 9.93. The molecule has 5 heteroatoms. The number of piperidine rings is 1. The first-order valence-corrected chi connectivity index (χ1v) is 7.84. The van der Waals surface area contributed by atoms with E-state index in [-0.39, 0.29) is 5.54 Å². The molecular formula is C16H30N4O. The molecule has 5 nitrogen and oxygen atoms in total. The largest absolute Gasteiger partial charge is 0.390 e. The molecule has 1 aliphatic heterocycles. The monoisotopic (exact) mass is 294 g/mol. The third kappa shape index (κ3) is 3.98. The molecule has 0 bridgehead atoms. The summed E-state index contributed by atoms with van der Waals surface area (Å²) in [6.07, 6.45) is 1.62. The standard InChI is InChI=1S/C16H30N4O/c1-12-13(11-17-15(2,3)4)14(19(6)18-12)20-9-7-16(5,21)8-10-20/h17,21H,7-11H2,1-6H3. The second kappa shape index (κ2) is 5.61. The second-order valence-electron chi connectivity index (χ2n) is 7.60. The zero-order valence-corrected chi connectivity index (χ0v) is 14.3. The maximum Gasteiger partial charge on any atom is 0.131 e. The van der Waals surface area contributed by atoms with Crippen LogP contribution in [0.5, 0.6) is 0 Å². The van der Waals surface area contributed by atoms with E-state index in [9.17, 15) is 5.11 Å². The molecule has 21 heavy (non-hydrogen) atoms. The molecule has 2 heterocycles. The molecule has 2 N–H and O–H groups in total. The lowest BCUT2D eigenvalue weighted by molar-refractivity contribution is 0.0348. The van der Waals surface area contributed by atoms with Gasteiger partial charge in [-0.25, -0.2) is 0 Å². The van der Waals surface area contributed by atoms with E-state index in [0.29, 0.717) is 0 Å². The third-order valence-corrected chi connectivity index (χ3v) is 4.25. The van der Waals surface area contributed by atoms with E-state index in [1.165, 1.54) is 11.4 Å². The van der Waals surface area contributed by atoms with Gasteiger partial charge in [0.05, 0.1) is 11.3 Å². The Balaban J connectivity index is 2.19. The fourth-order valence-electron chi connectivity index (χ4n) is 2.85. The van der Waals surface area contributed by atoms with Gasteiger partial charge in [-0.2, -0.15) is 5.10 Å². The molecule has 1 aromatic rings. The Morgan fingerprint density at radius 3 is 2.38 bits per heavy atom. The highest BCUT2D eigenvalue weighted by atomic mass is 16.3. The summed E-state index contributed by atoms with van der Waals surface area (Å²) >= 11 is 0. The van der Waals surface area contributed by atoms with Crippen molar-refractivity contribution in [2.45, 2.75) is 65.1 Å². The molecule has 0 atom stereocenters. The molecule has 0 aromatic carbocycles. The first-order chi connectivity index (χ1) is 9.59. The zero-order valence-electron chi connectivity index (χ0n) is 14.3. The number of aryl methyl sites for hydroxylation is 2. The Morgan fingerprint density at radius 1 is 1.29 bits per heavy atom. The topological polar surface area (TPSA) is 53.3 Å². The molecule has 0 unspecified atom stereocenters. The number of hydrogen-bond acceptors (Lipinski definition) is 4. The van der Waals surface area contributed by atoms with Crippen LogP contribution in [0.15, 0.2) is 0 Å². The van der Waals surface area contributed by atoms with Gasteiger partial charge in [-0.15, -0.1) is 0 Å². The van der Waals surface area contributed by atoms with Crippen LogP contribution in [0.3, 0.4) is 0 Å². The minimum Gasteiger partial charge on any atom is -0.390 e. The van der Waals surface area contributed by atoms with E-state index in [4.69, 9.17) is 0 Å². The maximum atomic E-state index is 10.1. The predicted molar refractivity (Wildman–Crippen MR) is 86.6 cm³/mol. The predicted octanol–water partition coefficient (Wildman–Crippen LogP) is 1.97. The van der Waals surface area contributed by atoms with Gasteiger partial charge in [0, 0.05) is 37.8 Å². The number of aliphatic hydroxyl groups is 1. The highest BCUT2D eigenvalue weighted by Gasteiger charge is 2.30. The molecule has 1 saturated heterocycles. The van der Waals surface area contributed by atoms with E-state index in [1.54, 1.807) is 0 Å². The van der Waals surface area contributed by atoms with Crippen LogP contribution >= 0.6 is 0 Å². The first-order valence-electron chi connectivity index (χ1n) is 7.84. The lowest BCUT2D eigenvalue weighted by Crippen LogP contribution is -2.43. The fourth-order valence-corrected chi connectivity index (χ4v) is 2.85. The van der Waals surface area contributed by atoms with Gasteiger partial charge in [0.2, 0.25) is 0 Å². The molecule has 1 fully saturated rings. The minimum atomic E-state index is -0.520. The fraction of sp³-hybridized carbons (Fsp3) is 0.812. The molecule has 1 aliphatic rings. The van der Waals surface area contributed by atoms with E-state index in [1.807, 2.05) is 18.7 Å². The van der Waals surface area contributed by atoms with Crippen LogP contribution in [0.4, 0.5) is 5.82 Å². The Bertz CT molecular complexity index is 489. The van der Waals surface area contributed by atoms with Crippen molar-refractivity contribution in [2.24, 2.45) is 7.05 Å². The Hall–Kier alpha value is -1.07. The molecule has 0 spiro atoms. The van der Waals surface area contributed by atoms with E-state index in [2.05, 4.69) is 43.0 Å². The Morgan fingerprint density at radius 2 is 1.86 bits per heavy atom. The number of nitrogens with zero attached hydrogens (tertiary/aromatic N) is 3. The summed E-state index contributed by atoms with van der Waals surface area (Å²) in [4.78, 5) is 2.36. The van der Waals surface area contributed by atoms with Crippen molar-refractivity contribution in [3.8, 4) is 0 Å². The second-order valence-corrected chi connectivity index (χ2v) is 7.60. The van der Waals surface area contributed by atoms with Crippen molar-refractivity contribution < 1.29 is 5.11 Å². The van der Waals surface area contributed by atoms with E-state index >= 15 is 0 Å². The van der Waals surface area contributed by atoms with Crippen molar-refractivity contribution in [1.29, 1.82) is 0 Å². The summed E-state index contributed by atoms with van der Waals surface area (Å²) in [5.41, 5.74) is 1.93. The summed E-state index contributed by atoms with van der Waals surface area (Å²) in [5, 5.41) is 18.3. The van der Waals surface area contributed by atoms with Gasteiger partial charge in [-0.1, -0.05) is 0 Å². The molecule has 0 radical (unpaired) electrons. The van der Waals surface area contributed by atoms with Crippen LogP contribution < -0.4 is 10.2 Å². The Labute approximate surface area is 128 Å². The van der Waals surface area contributed by atoms with E-state index in [0.717, 1.165) is 38.2 Å². The molecular weight excluding hydrogens is 264 g/mol. The molecule has 120 valence electrons. The average molecular weight is 294 g/mol. The van der Waals surface area contributed by atoms with Gasteiger partial charge >= 0.3 is 0 Å². The highest BCUT2D eigenvalue weighted by Crippen LogP contribution is 2.29. The van der Waals surface area contributed by atoms with E-state index < -0.39 is 5.60 Å². The van der Waals surface area contributed by atoms with Gasteiger partial charge in [-0.05, 0) is 47.5 Å². The van der Waals surface area contributed by atoms with Crippen LogP contribution in [0.1, 0.15) is 51.8 Å². The van der Waals surface area contributed by atoms with Gasteiger partial charge in [-0.3, -0.25) is 4.68 Å². The van der Waals surface area contributed by atoms with Gasteiger partial charge < -0.3 is 15.3 Å². The van der Waals surface area contributed by atoms with Crippen LogP contribution in [0, 0.1) is 6.92 Å². The summed E-state index contributed by atoms with van der Waals surface area (Å²) in [5.74, 6) is 1.19. The normalized spacial score (nSPS) is 19.1. The van der Waals surface area contributed by atoms with Crippen LogP contribution in [-0.4, -0.2) is 39.1 Å². The number of anilines is 1. The van der Waals surface area contributed by atoms with Crippen LogP contribution in [-0.2, 0) is 13.6 Å². The zero-order chi connectivity index (χ0) is 15.8. The maximum absolute atomic E-state index is 10.1. The highest BCUT2D eigenvalue weighted by molar-refractivity contribution is 5.50. The van der Waals surface area contributed by atoms with Crippen molar-refractivity contribution >= 4 is 5.82 Å². The number of hydrogen-bond donors (Lipinski definition) is 2. The summed E-state index contributed by atoms with van der Waals surface area (Å²) < 4.78 is 1.98. The SMILES string of the molecule is Cc1nn(C)c(N2CCC(C)(O)CC2)c1CNC(C)(C)C. The van der Waals surface area contributed by atoms with Crippen molar-refractivity contribution in [3.63, 3.8) is 0 Å².